The molecule has 1 atom stereocenters. The van der Waals surface area contributed by atoms with Crippen LogP contribution in [0.2, 0.25) is 0 Å². The molecule has 0 aliphatic carbocycles. The summed E-state index contributed by atoms with van der Waals surface area (Å²) >= 11 is 0. The number of hydrogen-bond donors (Lipinski definition) is 3. The van der Waals surface area contributed by atoms with Crippen LogP contribution in [0.15, 0.2) is 18.2 Å². The summed E-state index contributed by atoms with van der Waals surface area (Å²) in [5.74, 6) is 0.290. The highest BCUT2D eigenvalue weighted by Gasteiger charge is 2.22. The Morgan fingerprint density at radius 2 is 1.67 bits per heavy atom. The van der Waals surface area contributed by atoms with Gasteiger partial charge in [0.05, 0.1) is 0 Å². The summed E-state index contributed by atoms with van der Waals surface area (Å²) in [4.78, 5) is 2.44. The second-order valence-corrected chi connectivity index (χ2v) is 5.23. The molecule has 1 aliphatic rings. The number of unbranched alkanes of at least 4 members (excludes halogenated alkanes) is 1. The van der Waals surface area contributed by atoms with Crippen LogP contribution >= 0.6 is 24.8 Å². The molecule has 0 radical (unpaired) electrons. The average molecular weight is 337 g/mol. The highest BCUT2D eigenvalue weighted by Crippen LogP contribution is 2.31. The first-order valence-corrected chi connectivity index (χ1v) is 7.18. The van der Waals surface area contributed by atoms with Gasteiger partial charge in [-0.3, -0.25) is 4.90 Å². The van der Waals surface area contributed by atoms with Crippen molar-refractivity contribution in [3.05, 3.63) is 23.8 Å². The van der Waals surface area contributed by atoms with Crippen molar-refractivity contribution < 1.29 is 10.2 Å². The number of nitrogens with one attached hydrogen (secondary N) is 1. The first kappa shape index (κ1) is 20.3. The van der Waals surface area contributed by atoms with Crippen LogP contribution in [0.25, 0.3) is 0 Å². The standard InChI is InChI=1S/C15H24N2O2.2ClH/c1-2-3-4-15(17-7-5-16-6-8-17)12-9-13(18)11-14(19)10-12;;/h9-11,15-16,18-19H,2-8H2,1H3;2*1H/t15-;;/m0../s1. The molecule has 0 spiro atoms. The normalized spacial score (nSPS) is 16.6. The molecular weight excluding hydrogens is 311 g/mol. The van der Waals surface area contributed by atoms with Gasteiger partial charge in [-0.1, -0.05) is 19.8 Å². The number of hydrogen-bond acceptors (Lipinski definition) is 4. The van der Waals surface area contributed by atoms with Crippen LogP contribution in [0.5, 0.6) is 11.5 Å². The van der Waals surface area contributed by atoms with Gasteiger partial charge in [-0.05, 0) is 24.1 Å². The third-order valence-electron chi connectivity index (χ3n) is 3.73. The Labute approximate surface area is 139 Å². The van der Waals surface area contributed by atoms with Crippen molar-refractivity contribution in [1.82, 2.24) is 10.2 Å². The maximum atomic E-state index is 9.68. The fraction of sp³-hybridized carbons (Fsp3) is 0.600. The van der Waals surface area contributed by atoms with E-state index in [0.29, 0.717) is 6.04 Å². The Bertz CT molecular complexity index is 392. The lowest BCUT2D eigenvalue weighted by molar-refractivity contribution is 0.163. The Morgan fingerprint density at radius 1 is 1.10 bits per heavy atom. The molecule has 1 heterocycles. The van der Waals surface area contributed by atoms with Crippen LogP contribution in [0.1, 0.15) is 37.8 Å². The van der Waals surface area contributed by atoms with E-state index in [1.165, 1.54) is 6.07 Å². The van der Waals surface area contributed by atoms with Gasteiger partial charge >= 0.3 is 0 Å². The van der Waals surface area contributed by atoms with Gasteiger partial charge in [0, 0.05) is 38.3 Å². The summed E-state index contributed by atoms with van der Waals surface area (Å²) < 4.78 is 0. The van der Waals surface area contributed by atoms with Gasteiger partial charge < -0.3 is 15.5 Å². The number of halogens is 2. The second-order valence-electron chi connectivity index (χ2n) is 5.23. The smallest absolute Gasteiger partial charge is 0.119 e. The number of nitrogens with zero attached hydrogens (tertiary/aromatic N) is 1. The van der Waals surface area contributed by atoms with E-state index in [2.05, 4.69) is 17.1 Å². The second kappa shape index (κ2) is 10.1. The molecule has 0 aromatic heterocycles. The van der Waals surface area contributed by atoms with Gasteiger partial charge in [-0.25, -0.2) is 0 Å². The zero-order valence-corrected chi connectivity index (χ0v) is 14.1. The van der Waals surface area contributed by atoms with E-state index >= 15 is 0 Å². The first-order chi connectivity index (χ1) is 9.20. The quantitative estimate of drug-likeness (QED) is 0.773. The van der Waals surface area contributed by atoms with Gasteiger partial charge in [-0.2, -0.15) is 0 Å². The van der Waals surface area contributed by atoms with Crippen LogP contribution in [0, 0.1) is 0 Å². The lowest BCUT2D eigenvalue weighted by Gasteiger charge is -2.35. The summed E-state index contributed by atoms with van der Waals surface area (Å²) in [7, 11) is 0. The molecule has 0 bridgehead atoms. The summed E-state index contributed by atoms with van der Waals surface area (Å²) in [5, 5.41) is 22.7. The van der Waals surface area contributed by atoms with Crippen molar-refractivity contribution in [2.24, 2.45) is 0 Å². The third kappa shape index (κ3) is 5.91. The van der Waals surface area contributed by atoms with E-state index in [1.54, 1.807) is 12.1 Å². The number of piperazine rings is 1. The Hall–Kier alpha value is -0.680. The topological polar surface area (TPSA) is 55.7 Å². The summed E-state index contributed by atoms with van der Waals surface area (Å²) in [6, 6.07) is 5.24. The monoisotopic (exact) mass is 336 g/mol. The van der Waals surface area contributed by atoms with Crippen LogP contribution in [0.3, 0.4) is 0 Å². The minimum Gasteiger partial charge on any atom is -0.508 e. The lowest BCUT2D eigenvalue weighted by atomic mass is 9.98. The lowest BCUT2D eigenvalue weighted by Crippen LogP contribution is -2.45. The molecule has 1 saturated heterocycles. The van der Waals surface area contributed by atoms with Gasteiger partial charge in [0.2, 0.25) is 0 Å². The van der Waals surface area contributed by atoms with Crippen molar-refractivity contribution >= 4 is 24.8 Å². The predicted octanol–water partition coefficient (Wildman–Crippen LogP) is 3.08. The number of benzene rings is 1. The molecule has 1 fully saturated rings. The van der Waals surface area contributed by atoms with Crippen molar-refractivity contribution in [1.29, 1.82) is 0 Å². The first-order valence-electron chi connectivity index (χ1n) is 7.18. The van der Waals surface area contributed by atoms with E-state index in [1.807, 2.05) is 0 Å². The van der Waals surface area contributed by atoms with Crippen molar-refractivity contribution in [2.75, 3.05) is 26.2 Å². The molecule has 1 aromatic rings. The molecule has 1 aliphatic heterocycles. The zero-order valence-electron chi connectivity index (χ0n) is 12.4. The Kier molecular flexibility index (Phi) is 9.79. The van der Waals surface area contributed by atoms with E-state index in [-0.39, 0.29) is 36.3 Å². The fourth-order valence-corrected chi connectivity index (χ4v) is 2.76. The molecule has 3 N–H and O–H groups in total. The number of rotatable bonds is 5. The Balaban J connectivity index is 0.00000200. The summed E-state index contributed by atoms with van der Waals surface area (Å²) in [6.45, 7) is 6.24. The molecule has 4 nitrogen and oxygen atoms in total. The fourth-order valence-electron chi connectivity index (χ4n) is 2.76. The minimum absolute atomic E-state index is 0. The van der Waals surface area contributed by atoms with E-state index in [4.69, 9.17) is 0 Å². The highest BCUT2D eigenvalue weighted by molar-refractivity contribution is 5.85. The van der Waals surface area contributed by atoms with Crippen molar-refractivity contribution in [2.45, 2.75) is 32.2 Å². The van der Waals surface area contributed by atoms with Gasteiger partial charge in [0.15, 0.2) is 0 Å². The Morgan fingerprint density at radius 3 is 2.19 bits per heavy atom. The molecule has 1 aromatic carbocycles. The van der Waals surface area contributed by atoms with Crippen LogP contribution in [-0.2, 0) is 0 Å². The summed E-state index contributed by atoms with van der Waals surface area (Å²) in [6.07, 6.45) is 3.39. The SMILES string of the molecule is CCCC[C@@H](c1cc(O)cc(O)c1)N1CCNCC1.Cl.Cl. The average Bonchev–Trinajstić information content (AvgIpc) is 2.39. The molecule has 0 amide bonds. The third-order valence-corrected chi connectivity index (χ3v) is 3.73. The van der Waals surface area contributed by atoms with Crippen LogP contribution < -0.4 is 5.32 Å². The van der Waals surface area contributed by atoms with Crippen molar-refractivity contribution in [3.63, 3.8) is 0 Å². The van der Waals surface area contributed by atoms with Crippen LogP contribution in [-0.4, -0.2) is 41.3 Å². The molecular formula is C15H26Cl2N2O2. The van der Waals surface area contributed by atoms with E-state index in [0.717, 1.165) is 51.0 Å². The number of phenols is 2. The van der Waals surface area contributed by atoms with Crippen molar-refractivity contribution in [3.8, 4) is 11.5 Å². The van der Waals surface area contributed by atoms with E-state index < -0.39 is 0 Å². The number of aromatic hydroxyl groups is 2. The van der Waals surface area contributed by atoms with Gasteiger partial charge in [-0.15, -0.1) is 24.8 Å². The van der Waals surface area contributed by atoms with Gasteiger partial charge in [0.25, 0.3) is 0 Å². The molecule has 0 saturated carbocycles. The summed E-state index contributed by atoms with van der Waals surface area (Å²) in [5.41, 5.74) is 1.02. The number of phenolic OH excluding ortho intramolecular Hbond substituents is 2. The zero-order chi connectivity index (χ0) is 13.7. The molecule has 2 rings (SSSR count). The molecule has 122 valence electrons. The molecule has 21 heavy (non-hydrogen) atoms. The molecule has 6 heteroatoms. The van der Waals surface area contributed by atoms with E-state index in [9.17, 15) is 10.2 Å². The van der Waals surface area contributed by atoms with Crippen LogP contribution in [0.4, 0.5) is 0 Å². The minimum atomic E-state index is 0. The predicted molar refractivity (Wildman–Crippen MR) is 91.0 cm³/mol. The molecule has 0 unspecified atom stereocenters. The maximum absolute atomic E-state index is 9.68. The highest BCUT2D eigenvalue weighted by atomic mass is 35.5. The largest absolute Gasteiger partial charge is 0.508 e. The van der Waals surface area contributed by atoms with Gasteiger partial charge in [0.1, 0.15) is 11.5 Å². The maximum Gasteiger partial charge on any atom is 0.119 e.